The molecule has 1 heterocycles. The zero-order valence-corrected chi connectivity index (χ0v) is 20.2. The predicted octanol–water partition coefficient (Wildman–Crippen LogP) is 6.54. The molecule has 3 rings (SSSR count). The molecule has 158 valence electrons. The summed E-state index contributed by atoms with van der Waals surface area (Å²) < 4.78 is 6.81. The van der Waals surface area contributed by atoms with E-state index in [0.717, 1.165) is 27.3 Å². The Bertz CT molecular complexity index is 1020. The fourth-order valence-corrected chi connectivity index (χ4v) is 4.14. The molecule has 0 aliphatic rings. The third kappa shape index (κ3) is 5.70. The van der Waals surface area contributed by atoms with Crippen LogP contribution in [-0.2, 0) is 13.2 Å². The first-order valence-electron chi connectivity index (χ1n) is 10.1. The normalized spacial score (nSPS) is 11.9. The van der Waals surface area contributed by atoms with Crippen molar-refractivity contribution >= 4 is 33.2 Å². The van der Waals surface area contributed by atoms with Gasteiger partial charge in [0, 0.05) is 21.5 Å². The summed E-state index contributed by atoms with van der Waals surface area (Å²) >= 11 is 5.02. The number of carbonyl (C=O) groups excluding carboxylic acids is 1. The van der Waals surface area contributed by atoms with Crippen LogP contribution in [0, 0.1) is 13.8 Å². The van der Waals surface area contributed by atoms with E-state index in [1.165, 1.54) is 11.1 Å². The van der Waals surface area contributed by atoms with Crippen LogP contribution < -0.4 is 4.74 Å². The van der Waals surface area contributed by atoms with E-state index in [1.807, 2.05) is 46.7 Å². The minimum atomic E-state index is 0.0200. The Morgan fingerprint density at radius 2 is 2.00 bits per heavy atom. The van der Waals surface area contributed by atoms with Crippen LogP contribution in [0.25, 0.3) is 0 Å². The molecule has 0 aliphatic heterocycles. The minimum absolute atomic E-state index is 0.0200. The van der Waals surface area contributed by atoms with Crippen molar-refractivity contribution in [3.63, 3.8) is 0 Å². The Hall–Kier alpha value is -2.18. The number of nitrogens with zero attached hydrogens (tertiary/aromatic N) is 2. The molecule has 1 unspecified atom stereocenters. The van der Waals surface area contributed by atoms with Gasteiger partial charge in [0.05, 0.1) is 12.2 Å². The Kier molecular flexibility index (Phi) is 7.67. The summed E-state index contributed by atoms with van der Waals surface area (Å²) in [4.78, 5) is 19.7. The first kappa shape index (κ1) is 22.5. The molecule has 0 N–H and O–H groups in total. The maximum absolute atomic E-state index is 13.1. The molecule has 0 radical (unpaired) electrons. The number of amides is 1. The van der Waals surface area contributed by atoms with Gasteiger partial charge in [0.25, 0.3) is 5.91 Å². The highest BCUT2D eigenvalue weighted by molar-refractivity contribution is 9.10. The molecule has 1 amide bonds. The zero-order valence-electron chi connectivity index (χ0n) is 17.8. The Labute approximate surface area is 191 Å². The smallest absolute Gasteiger partial charge is 0.254 e. The number of carbonyl (C=O) groups is 1. The number of thiazole rings is 1. The maximum atomic E-state index is 13.1. The molecule has 1 aromatic heterocycles. The monoisotopic (exact) mass is 486 g/mol. The van der Waals surface area contributed by atoms with Crippen LogP contribution in [0.15, 0.2) is 52.3 Å². The average molecular weight is 487 g/mol. The van der Waals surface area contributed by atoms with Crippen molar-refractivity contribution in [2.24, 2.45) is 0 Å². The lowest BCUT2D eigenvalue weighted by Crippen LogP contribution is -2.37. The maximum Gasteiger partial charge on any atom is 0.254 e. The number of hydrogen-bond donors (Lipinski definition) is 0. The molecular formula is C24H27BrN2O2S. The topological polar surface area (TPSA) is 42.4 Å². The number of rotatable bonds is 8. The molecule has 1 atom stereocenters. The Morgan fingerprint density at radius 1 is 1.20 bits per heavy atom. The number of benzene rings is 2. The third-order valence-electron chi connectivity index (χ3n) is 5.23. The molecule has 30 heavy (non-hydrogen) atoms. The van der Waals surface area contributed by atoms with E-state index >= 15 is 0 Å². The van der Waals surface area contributed by atoms with Crippen molar-refractivity contribution in [2.45, 2.75) is 53.3 Å². The molecule has 0 bridgehead atoms. The number of halogens is 1. The fraction of sp³-hybridized carbons (Fsp3) is 0.333. The van der Waals surface area contributed by atoms with Crippen LogP contribution in [0.2, 0.25) is 0 Å². The van der Waals surface area contributed by atoms with Crippen LogP contribution >= 0.6 is 27.3 Å². The van der Waals surface area contributed by atoms with Crippen molar-refractivity contribution in [1.82, 2.24) is 9.88 Å². The number of ether oxygens (including phenoxy) is 1. The molecule has 0 aliphatic carbocycles. The van der Waals surface area contributed by atoms with Gasteiger partial charge in [-0.1, -0.05) is 35.0 Å². The van der Waals surface area contributed by atoms with E-state index in [9.17, 15) is 4.79 Å². The molecule has 2 aromatic carbocycles. The van der Waals surface area contributed by atoms with Crippen LogP contribution in [0.3, 0.4) is 0 Å². The number of aromatic nitrogens is 1. The van der Waals surface area contributed by atoms with E-state index in [-0.39, 0.29) is 11.9 Å². The largest absolute Gasteiger partial charge is 0.486 e. The van der Waals surface area contributed by atoms with Crippen LogP contribution in [0.1, 0.15) is 52.5 Å². The average Bonchev–Trinajstić information content (AvgIpc) is 3.19. The molecule has 0 saturated carbocycles. The highest BCUT2D eigenvalue weighted by atomic mass is 79.9. The van der Waals surface area contributed by atoms with Crippen molar-refractivity contribution in [2.75, 3.05) is 0 Å². The Balaban J connectivity index is 1.69. The van der Waals surface area contributed by atoms with E-state index in [0.29, 0.717) is 18.7 Å². The second-order valence-electron chi connectivity index (χ2n) is 7.47. The van der Waals surface area contributed by atoms with Crippen LogP contribution in [0.4, 0.5) is 0 Å². The highest BCUT2D eigenvalue weighted by Gasteiger charge is 2.22. The first-order chi connectivity index (χ1) is 14.4. The zero-order chi connectivity index (χ0) is 21.7. The summed E-state index contributed by atoms with van der Waals surface area (Å²) in [5.41, 5.74) is 4.03. The lowest BCUT2D eigenvalue weighted by atomic mass is 10.1. The van der Waals surface area contributed by atoms with Crippen molar-refractivity contribution in [3.8, 4) is 5.75 Å². The number of aryl methyl sites for hydroxylation is 2. The van der Waals surface area contributed by atoms with Crippen molar-refractivity contribution in [1.29, 1.82) is 0 Å². The van der Waals surface area contributed by atoms with Gasteiger partial charge in [-0.2, -0.15) is 0 Å². The summed E-state index contributed by atoms with van der Waals surface area (Å²) in [6.45, 7) is 9.25. The van der Waals surface area contributed by atoms with E-state index in [4.69, 9.17) is 9.72 Å². The molecule has 6 heteroatoms. The molecule has 0 spiro atoms. The van der Waals surface area contributed by atoms with Gasteiger partial charge < -0.3 is 9.64 Å². The molecule has 4 nitrogen and oxygen atoms in total. The van der Waals surface area contributed by atoms with E-state index in [2.05, 4.69) is 49.7 Å². The van der Waals surface area contributed by atoms with Crippen molar-refractivity contribution < 1.29 is 9.53 Å². The van der Waals surface area contributed by atoms with Crippen LogP contribution in [-0.4, -0.2) is 21.8 Å². The van der Waals surface area contributed by atoms with Gasteiger partial charge in [-0.15, -0.1) is 11.3 Å². The first-order valence-corrected chi connectivity index (χ1v) is 11.7. The lowest BCUT2D eigenvalue weighted by Gasteiger charge is -2.28. The second-order valence-corrected chi connectivity index (χ2v) is 9.33. The summed E-state index contributed by atoms with van der Waals surface area (Å²) in [7, 11) is 0. The van der Waals surface area contributed by atoms with Gasteiger partial charge in [-0.25, -0.2) is 4.98 Å². The minimum Gasteiger partial charge on any atom is -0.486 e. The molecule has 0 saturated heterocycles. The SMILES string of the molecule is CCC(C)N(Cc1csc(COc2ccc(C)c(C)c2)n1)C(=O)c1cccc(Br)c1. The third-order valence-corrected chi connectivity index (χ3v) is 6.59. The van der Waals surface area contributed by atoms with Crippen LogP contribution in [0.5, 0.6) is 5.75 Å². The fourth-order valence-electron chi connectivity index (χ4n) is 3.05. The number of hydrogen-bond acceptors (Lipinski definition) is 4. The van der Waals surface area contributed by atoms with E-state index < -0.39 is 0 Å². The van der Waals surface area contributed by atoms with Gasteiger partial charge in [0.1, 0.15) is 17.4 Å². The molecular weight excluding hydrogens is 460 g/mol. The Morgan fingerprint density at radius 3 is 2.70 bits per heavy atom. The second kappa shape index (κ2) is 10.2. The standard InChI is InChI=1S/C24H27BrN2O2S/c1-5-18(4)27(24(28)19-7-6-8-20(25)12-19)13-21-15-30-23(26-21)14-29-22-10-9-16(2)17(3)11-22/h6-12,15,18H,5,13-14H2,1-4H3. The van der Waals surface area contributed by atoms with Gasteiger partial charge in [0.15, 0.2) is 0 Å². The summed E-state index contributed by atoms with van der Waals surface area (Å²) in [5.74, 6) is 0.868. The lowest BCUT2D eigenvalue weighted by molar-refractivity contribution is 0.0669. The van der Waals surface area contributed by atoms with Gasteiger partial charge in [0.2, 0.25) is 0 Å². The van der Waals surface area contributed by atoms with Gasteiger partial charge in [-0.3, -0.25) is 4.79 Å². The predicted molar refractivity (Wildman–Crippen MR) is 126 cm³/mol. The van der Waals surface area contributed by atoms with E-state index in [1.54, 1.807) is 11.3 Å². The quantitative estimate of drug-likeness (QED) is 0.362. The van der Waals surface area contributed by atoms with Gasteiger partial charge >= 0.3 is 0 Å². The van der Waals surface area contributed by atoms with Gasteiger partial charge in [-0.05, 0) is 68.7 Å². The van der Waals surface area contributed by atoms with Crippen molar-refractivity contribution in [3.05, 3.63) is 79.7 Å². The summed E-state index contributed by atoms with van der Waals surface area (Å²) in [6, 6.07) is 13.7. The highest BCUT2D eigenvalue weighted by Crippen LogP contribution is 2.21. The molecule has 3 aromatic rings. The summed E-state index contributed by atoms with van der Waals surface area (Å²) in [5, 5.41) is 2.92. The molecule has 0 fully saturated rings. The summed E-state index contributed by atoms with van der Waals surface area (Å²) in [6.07, 6.45) is 0.882.